The number of carbonyl (C=O) groups is 1. The highest BCUT2D eigenvalue weighted by Gasteiger charge is 2.31. The summed E-state index contributed by atoms with van der Waals surface area (Å²) in [5, 5.41) is 2.96. The molecule has 0 bridgehead atoms. The molecule has 2 amide bonds. The van der Waals surface area contributed by atoms with Gasteiger partial charge in [0.05, 0.1) is 24.3 Å². The number of methoxy groups -OCH3 is 1. The van der Waals surface area contributed by atoms with Crippen molar-refractivity contribution in [2.45, 2.75) is 32.2 Å². The van der Waals surface area contributed by atoms with Crippen LogP contribution in [0, 0.1) is 0 Å². The van der Waals surface area contributed by atoms with E-state index in [1.165, 1.54) is 0 Å². The number of amides is 2. The molecule has 1 atom stereocenters. The molecule has 0 unspecified atom stereocenters. The molecule has 0 radical (unpaired) electrons. The van der Waals surface area contributed by atoms with Crippen LogP contribution in [-0.4, -0.2) is 45.7 Å². The second kappa shape index (κ2) is 7.50. The highest BCUT2D eigenvalue weighted by Crippen LogP contribution is 2.32. The number of ether oxygens (including phenoxy) is 1. The van der Waals surface area contributed by atoms with Crippen LogP contribution < -0.4 is 10.1 Å². The van der Waals surface area contributed by atoms with Crippen molar-refractivity contribution in [3.8, 4) is 5.75 Å². The molecular formula is C21H25N5O2. The van der Waals surface area contributed by atoms with Crippen LogP contribution in [0.4, 0.5) is 10.5 Å². The van der Waals surface area contributed by atoms with Crippen molar-refractivity contribution >= 4 is 22.8 Å². The maximum atomic E-state index is 12.7. The van der Waals surface area contributed by atoms with Crippen LogP contribution in [0.25, 0.3) is 11.0 Å². The predicted molar refractivity (Wildman–Crippen MR) is 109 cm³/mol. The van der Waals surface area contributed by atoms with Crippen LogP contribution in [-0.2, 0) is 0 Å². The summed E-state index contributed by atoms with van der Waals surface area (Å²) in [4.78, 5) is 23.7. The number of benzene rings is 1. The van der Waals surface area contributed by atoms with Gasteiger partial charge >= 0.3 is 6.03 Å². The van der Waals surface area contributed by atoms with Gasteiger partial charge in [0.15, 0.2) is 0 Å². The maximum Gasteiger partial charge on any atom is 0.321 e. The number of hydrogen-bond donors (Lipinski definition) is 1. The lowest BCUT2D eigenvalue weighted by atomic mass is 10.1. The minimum absolute atomic E-state index is 0.0929. The van der Waals surface area contributed by atoms with Gasteiger partial charge in [-0.15, -0.1) is 0 Å². The van der Waals surface area contributed by atoms with Crippen molar-refractivity contribution in [3.63, 3.8) is 0 Å². The van der Waals surface area contributed by atoms with Gasteiger partial charge in [-0.2, -0.15) is 0 Å². The molecule has 1 N–H and O–H groups in total. The van der Waals surface area contributed by atoms with Gasteiger partial charge in [0.25, 0.3) is 0 Å². The number of imidazole rings is 1. The summed E-state index contributed by atoms with van der Waals surface area (Å²) in [6.07, 6.45) is 4.54. The van der Waals surface area contributed by atoms with Crippen LogP contribution in [0.2, 0.25) is 0 Å². The van der Waals surface area contributed by atoms with Crippen molar-refractivity contribution < 1.29 is 9.53 Å². The third-order valence-corrected chi connectivity index (χ3v) is 5.20. The van der Waals surface area contributed by atoms with Crippen LogP contribution in [0.1, 0.15) is 38.1 Å². The summed E-state index contributed by atoms with van der Waals surface area (Å²) in [6, 6.07) is 9.52. The Hall–Kier alpha value is -3.09. The topological polar surface area (TPSA) is 72.3 Å². The van der Waals surface area contributed by atoms with Gasteiger partial charge in [0, 0.05) is 43.0 Å². The molecule has 0 spiro atoms. The quantitative estimate of drug-likeness (QED) is 0.742. The van der Waals surface area contributed by atoms with Crippen LogP contribution in [0.15, 0.2) is 42.7 Å². The fourth-order valence-electron chi connectivity index (χ4n) is 3.85. The summed E-state index contributed by atoms with van der Waals surface area (Å²) in [7, 11) is 1.61. The Balaban J connectivity index is 1.52. The van der Waals surface area contributed by atoms with Crippen molar-refractivity contribution in [1.82, 2.24) is 19.4 Å². The molecule has 2 aromatic heterocycles. The largest absolute Gasteiger partial charge is 0.497 e. The van der Waals surface area contributed by atoms with E-state index in [0.717, 1.165) is 34.7 Å². The first-order valence-corrected chi connectivity index (χ1v) is 9.58. The lowest BCUT2D eigenvalue weighted by Gasteiger charge is -2.19. The highest BCUT2D eigenvalue weighted by atomic mass is 16.5. The predicted octanol–water partition coefficient (Wildman–Crippen LogP) is 4.04. The van der Waals surface area contributed by atoms with Gasteiger partial charge in [0.1, 0.15) is 11.6 Å². The van der Waals surface area contributed by atoms with Crippen molar-refractivity contribution in [2.24, 2.45) is 0 Å². The Bertz CT molecular complexity index is 997. The number of rotatable bonds is 4. The number of pyridine rings is 1. The van der Waals surface area contributed by atoms with E-state index in [2.05, 4.69) is 28.7 Å². The summed E-state index contributed by atoms with van der Waals surface area (Å²) >= 11 is 0. The van der Waals surface area contributed by atoms with Gasteiger partial charge in [0.2, 0.25) is 0 Å². The molecule has 1 saturated heterocycles. The molecule has 3 aromatic rings. The Labute approximate surface area is 164 Å². The number of nitrogens with one attached hydrogen (secondary N) is 1. The molecule has 4 rings (SSSR count). The second-order valence-electron chi connectivity index (χ2n) is 7.39. The van der Waals surface area contributed by atoms with E-state index in [0.29, 0.717) is 13.1 Å². The van der Waals surface area contributed by atoms with Crippen molar-refractivity contribution in [3.05, 3.63) is 48.5 Å². The minimum atomic E-state index is -0.0929. The molecule has 0 aliphatic carbocycles. The molecule has 146 valence electrons. The first-order valence-electron chi connectivity index (χ1n) is 9.58. The third-order valence-electron chi connectivity index (χ3n) is 5.20. The summed E-state index contributed by atoms with van der Waals surface area (Å²) in [6.45, 7) is 5.67. The number of fused-ring (bicyclic) bond motifs is 1. The Kier molecular flexibility index (Phi) is 4.90. The Morgan fingerprint density at radius 2 is 2.18 bits per heavy atom. The molecule has 1 aliphatic heterocycles. The third kappa shape index (κ3) is 3.40. The zero-order chi connectivity index (χ0) is 19.7. The van der Waals surface area contributed by atoms with Crippen LogP contribution in [0.3, 0.4) is 0 Å². The van der Waals surface area contributed by atoms with Gasteiger partial charge in [-0.1, -0.05) is 6.07 Å². The number of nitrogens with zero attached hydrogens (tertiary/aromatic N) is 4. The fraction of sp³-hybridized carbons (Fsp3) is 0.381. The van der Waals surface area contributed by atoms with E-state index >= 15 is 0 Å². The van der Waals surface area contributed by atoms with E-state index < -0.39 is 0 Å². The molecule has 3 heterocycles. The number of likely N-dealkylation sites (tertiary alicyclic amines) is 1. The molecule has 1 fully saturated rings. The average molecular weight is 379 g/mol. The molecule has 28 heavy (non-hydrogen) atoms. The first-order chi connectivity index (χ1) is 13.6. The van der Waals surface area contributed by atoms with Gasteiger partial charge < -0.3 is 19.5 Å². The number of urea groups is 1. The highest BCUT2D eigenvalue weighted by molar-refractivity contribution is 5.89. The lowest BCUT2D eigenvalue weighted by molar-refractivity contribution is 0.222. The van der Waals surface area contributed by atoms with E-state index in [-0.39, 0.29) is 18.0 Å². The summed E-state index contributed by atoms with van der Waals surface area (Å²) < 4.78 is 7.47. The molecular weight excluding hydrogens is 354 g/mol. The standard InChI is InChI=1S/C21H25N5O2/c1-14(2)26-19-12-22-9-7-18(19)24-20(26)15-8-10-25(13-15)21(27)23-16-5-4-6-17(11-16)28-3/h4-7,9,11-12,14-15H,8,10,13H2,1-3H3,(H,23,27)/t15-/m1/s1. The van der Waals surface area contributed by atoms with Crippen molar-refractivity contribution in [2.75, 3.05) is 25.5 Å². The Morgan fingerprint density at radius 3 is 2.96 bits per heavy atom. The second-order valence-corrected chi connectivity index (χ2v) is 7.39. The Morgan fingerprint density at radius 1 is 1.32 bits per heavy atom. The fourth-order valence-corrected chi connectivity index (χ4v) is 3.85. The van der Waals surface area contributed by atoms with Crippen molar-refractivity contribution in [1.29, 1.82) is 0 Å². The molecule has 1 aliphatic rings. The van der Waals surface area contributed by atoms with Crippen LogP contribution >= 0.6 is 0 Å². The number of hydrogen-bond acceptors (Lipinski definition) is 4. The number of anilines is 1. The molecule has 0 saturated carbocycles. The minimum Gasteiger partial charge on any atom is -0.497 e. The molecule has 7 heteroatoms. The first kappa shape index (κ1) is 18.3. The smallest absolute Gasteiger partial charge is 0.321 e. The van der Waals surface area contributed by atoms with E-state index in [1.807, 2.05) is 41.4 Å². The van der Waals surface area contributed by atoms with E-state index in [9.17, 15) is 4.79 Å². The molecule has 1 aromatic carbocycles. The van der Waals surface area contributed by atoms with E-state index in [4.69, 9.17) is 9.72 Å². The summed E-state index contributed by atoms with van der Waals surface area (Å²) in [5.74, 6) is 1.97. The lowest BCUT2D eigenvalue weighted by Crippen LogP contribution is -2.33. The maximum absolute atomic E-state index is 12.7. The molecule has 7 nitrogen and oxygen atoms in total. The average Bonchev–Trinajstić information content (AvgIpc) is 3.32. The zero-order valence-electron chi connectivity index (χ0n) is 16.4. The number of carbonyl (C=O) groups excluding carboxylic acids is 1. The van der Waals surface area contributed by atoms with Gasteiger partial charge in [-0.25, -0.2) is 9.78 Å². The zero-order valence-corrected chi connectivity index (χ0v) is 16.4. The summed E-state index contributed by atoms with van der Waals surface area (Å²) in [5.41, 5.74) is 2.73. The van der Waals surface area contributed by atoms with E-state index in [1.54, 1.807) is 13.3 Å². The number of aromatic nitrogens is 3. The SMILES string of the molecule is COc1cccc(NC(=O)N2CC[C@@H](c3nc4ccncc4n3C(C)C)C2)c1. The van der Waals surface area contributed by atoms with Gasteiger partial charge in [-0.05, 0) is 38.5 Å². The van der Waals surface area contributed by atoms with Crippen LogP contribution in [0.5, 0.6) is 5.75 Å². The monoisotopic (exact) mass is 379 g/mol. The normalized spacial score (nSPS) is 16.7. The van der Waals surface area contributed by atoms with Gasteiger partial charge in [-0.3, -0.25) is 4.98 Å².